The first-order chi connectivity index (χ1) is 23.1. The van der Waals surface area contributed by atoms with Crippen LogP contribution in [0.1, 0.15) is 36.9 Å². The number of nitrogens with one attached hydrogen (secondary N) is 7. The van der Waals surface area contributed by atoms with Crippen LogP contribution >= 0.6 is 0 Å². The van der Waals surface area contributed by atoms with Crippen LogP contribution in [0, 0.1) is 0 Å². The monoisotopic (exact) mass is 662 g/mol. The molecule has 2 fully saturated rings. The standard InChI is InChI=1S/C31H38N10O7/c32-25(42)14-35-31(48)24-6-3-9-41(24)27(44)15-36-28(45)22(10-17-12-34-20-5-2-1-4-19(17)20)39-30(47)23(11-18-13-33-16-37-18)40-29(46)21-7-8-26(43)38-21/h1-2,4-5,12-13,16,21-24,34H,3,6-11,14-15H2,(H2,32,42)(H,33,37)(H,35,48)(H,36,45)(H,38,43)(H,39,47)(H,40,46)/t21-,22-,23-,24-/m0/s1. The van der Waals surface area contributed by atoms with E-state index in [2.05, 4.69) is 41.5 Å². The van der Waals surface area contributed by atoms with Crippen LogP contribution in [0.3, 0.4) is 0 Å². The summed E-state index contributed by atoms with van der Waals surface area (Å²) in [5.74, 6) is -3.88. The Morgan fingerprint density at radius 2 is 1.73 bits per heavy atom. The number of hydrogen-bond donors (Lipinski definition) is 8. The molecule has 0 radical (unpaired) electrons. The summed E-state index contributed by atoms with van der Waals surface area (Å²) in [6, 6.07) is 3.52. The number of benzene rings is 1. The third-order valence-corrected chi connectivity index (χ3v) is 8.38. The van der Waals surface area contributed by atoms with Gasteiger partial charge in [-0.2, -0.15) is 0 Å². The van der Waals surface area contributed by atoms with Gasteiger partial charge in [0, 0.05) is 54.8 Å². The fraction of sp³-hybridized carbons (Fsp3) is 0.419. The Kier molecular flexibility index (Phi) is 10.7. The molecule has 17 heteroatoms. The van der Waals surface area contributed by atoms with Gasteiger partial charge in [-0.15, -0.1) is 0 Å². The van der Waals surface area contributed by atoms with E-state index in [0.717, 1.165) is 16.5 Å². The Hall–Kier alpha value is -5.74. The van der Waals surface area contributed by atoms with Gasteiger partial charge in [0.25, 0.3) is 0 Å². The third kappa shape index (κ3) is 8.34. The number of amides is 7. The van der Waals surface area contributed by atoms with E-state index >= 15 is 0 Å². The number of aromatic amines is 2. The summed E-state index contributed by atoms with van der Waals surface area (Å²) in [6.45, 7) is -0.524. The van der Waals surface area contributed by atoms with Crippen LogP contribution in [0.4, 0.5) is 0 Å². The molecule has 0 spiro atoms. The van der Waals surface area contributed by atoms with Gasteiger partial charge in [-0.3, -0.25) is 33.6 Å². The number of primary amides is 1. The highest BCUT2D eigenvalue weighted by Gasteiger charge is 2.35. The fourth-order valence-corrected chi connectivity index (χ4v) is 5.93. The Morgan fingerprint density at radius 3 is 2.46 bits per heavy atom. The van der Waals surface area contributed by atoms with Crippen LogP contribution in [0.15, 0.2) is 43.0 Å². The number of rotatable bonds is 14. The van der Waals surface area contributed by atoms with Crippen molar-refractivity contribution in [3.8, 4) is 0 Å². The lowest BCUT2D eigenvalue weighted by atomic mass is 10.0. The number of nitrogens with two attached hydrogens (primary N) is 1. The van der Waals surface area contributed by atoms with Gasteiger partial charge in [0.1, 0.15) is 24.2 Å². The largest absolute Gasteiger partial charge is 0.368 e. The average molecular weight is 663 g/mol. The van der Waals surface area contributed by atoms with Crippen molar-refractivity contribution in [1.29, 1.82) is 0 Å². The fourth-order valence-electron chi connectivity index (χ4n) is 5.93. The van der Waals surface area contributed by atoms with Gasteiger partial charge in [0.15, 0.2) is 0 Å². The number of carbonyl (C=O) groups is 7. The van der Waals surface area contributed by atoms with Crippen molar-refractivity contribution in [2.24, 2.45) is 5.73 Å². The lowest BCUT2D eigenvalue weighted by Crippen LogP contribution is -2.57. The second-order valence-electron chi connectivity index (χ2n) is 11.8. The van der Waals surface area contributed by atoms with Gasteiger partial charge in [-0.25, -0.2) is 4.98 Å². The predicted molar refractivity (Wildman–Crippen MR) is 169 cm³/mol. The molecule has 0 bridgehead atoms. The zero-order valence-electron chi connectivity index (χ0n) is 26.0. The molecule has 5 rings (SSSR count). The maximum absolute atomic E-state index is 13.8. The molecule has 0 saturated carbocycles. The zero-order chi connectivity index (χ0) is 34.2. The van der Waals surface area contributed by atoms with Crippen molar-refractivity contribution in [3.63, 3.8) is 0 Å². The molecule has 17 nitrogen and oxygen atoms in total. The van der Waals surface area contributed by atoms with E-state index in [0.29, 0.717) is 18.5 Å². The van der Waals surface area contributed by atoms with E-state index in [1.807, 2.05) is 24.3 Å². The molecule has 2 saturated heterocycles. The van der Waals surface area contributed by atoms with Crippen LogP contribution in [0.2, 0.25) is 0 Å². The summed E-state index contributed by atoms with van der Waals surface area (Å²) in [7, 11) is 0. The Bertz CT molecular complexity index is 1690. The number of aromatic nitrogens is 3. The predicted octanol–water partition coefficient (Wildman–Crippen LogP) is -2.37. The van der Waals surface area contributed by atoms with Crippen LogP contribution < -0.4 is 32.3 Å². The topological polar surface area (TPSA) is 253 Å². The molecule has 1 aromatic carbocycles. The number of nitrogens with zero attached hydrogens (tertiary/aromatic N) is 2. The summed E-state index contributed by atoms with van der Waals surface area (Å²) in [6.07, 6.45) is 6.15. The molecule has 7 amide bonds. The molecular weight excluding hydrogens is 624 g/mol. The van der Waals surface area contributed by atoms with Gasteiger partial charge in [-0.1, -0.05) is 18.2 Å². The third-order valence-electron chi connectivity index (χ3n) is 8.38. The van der Waals surface area contributed by atoms with E-state index in [4.69, 9.17) is 5.73 Å². The zero-order valence-corrected chi connectivity index (χ0v) is 26.0. The van der Waals surface area contributed by atoms with E-state index in [1.54, 1.807) is 6.20 Å². The highest BCUT2D eigenvalue weighted by molar-refractivity contribution is 5.97. The molecule has 4 heterocycles. The van der Waals surface area contributed by atoms with Crippen molar-refractivity contribution in [3.05, 3.63) is 54.2 Å². The van der Waals surface area contributed by atoms with Gasteiger partial charge in [-0.05, 0) is 30.9 Å². The SMILES string of the molecule is NC(=O)CNC(=O)[C@@H]1CCCN1C(=O)CNC(=O)[C@H](Cc1c[nH]c2ccccc12)NC(=O)[C@H](Cc1cnc[nH]1)NC(=O)[C@@H]1CCC(=O)N1. The molecular formula is C31H38N10O7. The molecule has 0 aliphatic carbocycles. The summed E-state index contributed by atoms with van der Waals surface area (Å²) < 4.78 is 0. The van der Waals surface area contributed by atoms with Gasteiger partial charge < -0.3 is 47.2 Å². The quantitative estimate of drug-likeness (QED) is 0.0924. The maximum atomic E-state index is 13.8. The first-order valence-electron chi connectivity index (χ1n) is 15.6. The first kappa shape index (κ1) is 33.6. The van der Waals surface area contributed by atoms with E-state index < -0.39 is 66.2 Å². The lowest BCUT2D eigenvalue weighted by molar-refractivity contribution is -0.139. The minimum Gasteiger partial charge on any atom is -0.368 e. The maximum Gasteiger partial charge on any atom is 0.243 e. The highest BCUT2D eigenvalue weighted by atomic mass is 16.2. The van der Waals surface area contributed by atoms with Crippen LogP contribution in [0.5, 0.6) is 0 Å². The van der Waals surface area contributed by atoms with Crippen LogP contribution in [-0.2, 0) is 46.4 Å². The van der Waals surface area contributed by atoms with E-state index in [-0.39, 0.29) is 44.7 Å². The summed E-state index contributed by atoms with van der Waals surface area (Å²) in [5, 5.41) is 13.9. The smallest absolute Gasteiger partial charge is 0.243 e. The number of carbonyl (C=O) groups excluding carboxylic acids is 7. The highest BCUT2D eigenvalue weighted by Crippen LogP contribution is 2.20. The van der Waals surface area contributed by atoms with Crippen molar-refractivity contribution >= 4 is 52.3 Å². The Balaban J connectivity index is 1.30. The number of H-pyrrole nitrogens is 2. The summed E-state index contributed by atoms with van der Waals surface area (Å²) in [5.41, 5.74) is 7.21. The van der Waals surface area contributed by atoms with Crippen LogP contribution in [0.25, 0.3) is 10.9 Å². The number of hydrogen-bond acceptors (Lipinski definition) is 8. The summed E-state index contributed by atoms with van der Waals surface area (Å²) >= 11 is 0. The van der Waals surface area contributed by atoms with Crippen molar-refractivity contribution in [2.45, 2.75) is 62.7 Å². The molecule has 48 heavy (non-hydrogen) atoms. The first-order valence-corrected chi connectivity index (χ1v) is 15.6. The van der Waals surface area contributed by atoms with Crippen molar-refractivity contribution in [1.82, 2.24) is 46.4 Å². The molecule has 2 aliphatic heterocycles. The molecule has 3 aromatic rings. The molecule has 2 aliphatic rings. The lowest BCUT2D eigenvalue weighted by Gasteiger charge is -2.26. The number of para-hydroxylation sites is 1. The van der Waals surface area contributed by atoms with Crippen LogP contribution in [-0.4, -0.2) is 105 Å². The molecule has 254 valence electrons. The second-order valence-corrected chi connectivity index (χ2v) is 11.8. The number of fused-ring (bicyclic) bond motifs is 1. The number of imidazole rings is 1. The molecule has 0 unspecified atom stereocenters. The van der Waals surface area contributed by atoms with E-state index in [1.165, 1.54) is 17.4 Å². The normalized spacial score (nSPS) is 18.5. The van der Waals surface area contributed by atoms with Gasteiger partial charge in [0.2, 0.25) is 41.4 Å². The van der Waals surface area contributed by atoms with Gasteiger partial charge in [0.05, 0.1) is 19.4 Å². The average Bonchev–Trinajstić information content (AvgIpc) is 3.90. The molecule has 4 atom stereocenters. The molecule has 2 aromatic heterocycles. The van der Waals surface area contributed by atoms with Crippen molar-refractivity contribution in [2.75, 3.05) is 19.6 Å². The summed E-state index contributed by atoms with van der Waals surface area (Å²) in [4.78, 5) is 100. The minimum absolute atomic E-state index is 0.0202. The Morgan fingerprint density at radius 1 is 0.938 bits per heavy atom. The second kappa shape index (κ2) is 15.2. The van der Waals surface area contributed by atoms with E-state index in [9.17, 15) is 33.6 Å². The Labute approximate surface area is 274 Å². The number of likely N-dealkylation sites (tertiary alicyclic amines) is 1. The molecule has 9 N–H and O–H groups in total. The minimum atomic E-state index is -1.18. The van der Waals surface area contributed by atoms with Gasteiger partial charge >= 0.3 is 0 Å². The van der Waals surface area contributed by atoms with Crippen molar-refractivity contribution < 1.29 is 33.6 Å².